The summed E-state index contributed by atoms with van der Waals surface area (Å²) in [6, 6.07) is 9.19. The number of hydrogen-bond donors (Lipinski definition) is 1. The van der Waals surface area contributed by atoms with Gasteiger partial charge < -0.3 is 15.1 Å². The molecule has 4 rings (SSSR count). The third-order valence-corrected chi connectivity index (χ3v) is 6.88. The Morgan fingerprint density at radius 1 is 1.19 bits per heavy atom. The zero-order valence-electron chi connectivity index (χ0n) is 16.5. The molecule has 3 aliphatic rings. The van der Waals surface area contributed by atoms with Crippen LogP contribution in [-0.2, 0) is 10.2 Å². The molecule has 1 aliphatic heterocycles. The number of urea groups is 1. The van der Waals surface area contributed by atoms with Gasteiger partial charge in [0.05, 0.1) is 0 Å². The molecule has 1 atom stereocenters. The van der Waals surface area contributed by atoms with Crippen LogP contribution in [0.4, 0.5) is 4.79 Å². The third-order valence-electron chi connectivity index (χ3n) is 6.88. The SMILES string of the molecule is CN(C)C(=O)N1CCC2(CC1)C[C@H](CC(=O)NC1CCC1)c1ccccc12. The normalized spacial score (nSPS) is 23.6. The van der Waals surface area contributed by atoms with Gasteiger partial charge in [0.2, 0.25) is 5.91 Å². The van der Waals surface area contributed by atoms with Crippen LogP contribution in [0.1, 0.15) is 62.0 Å². The third kappa shape index (κ3) is 3.44. The Bertz CT molecular complexity index is 718. The number of amides is 3. The summed E-state index contributed by atoms with van der Waals surface area (Å²) < 4.78 is 0. The van der Waals surface area contributed by atoms with Crippen LogP contribution >= 0.6 is 0 Å². The van der Waals surface area contributed by atoms with Gasteiger partial charge in [-0.2, -0.15) is 0 Å². The van der Waals surface area contributed by atoms with Crippen molar-refractivity contribution in [1.29, 1.82) is 0 Å². The highest BCUT2D eigenvalue weighted by Crippen LogP contribution is 2.52. The van der Waals surface area contributed by atoms with Crippen molar-refractivity contribution in [3.8, 4) is 0 Å². The molecule has 1 saturated carbocycles. The summed E-state index contributed by atoms with van der Waals surface area (Å²) in [7, 11) is 3.63. The Balaban J connectivity index is 1.47. The zero-order valence-corrected chi connectivity index (χ0v) is 16.5. The first-order valence-corrected chi connectivity index (χ1v) is 10.3. The average molecular weight is 370 g/mol. The lowest BCUT2D eigenvalue weighted by Gasteiger charge is -2.41. The molecule has 1 heterocycles. The van der Waals surface area contributed by atoms with Gasteiger partial charge in [-0.3, -0.25) is 4.79 Å². The number of nitrogens with one attached hydrogen (secondary N) is 1. The maximum Gasteiger partial charge on any atom is 0.319 e. The number of likely N-dealkylation sites (tertiary alicyclic amines) is 1. The first-order chi connectivity index (χ1) is 13.0. The van der Waals surface area contributed by atoms with Crippen LogP contribution in [0.25, 0.3) is 0 Å². The first-order valence-electron chi connectivity index (χ1n) is 10.3. The summed E-state index contributed by atoms with van der Waals surface area (Å²) in [6.45, 7) is 1.60. The van der Waals surface area contributed by atoms with E-state index in [1.54, 1.807) is 4.90 Å². The molecule has 3 amide bonds. The van der Waals surface area contributed by atoms with Crippen molar-refractivity contribution in [1.82, 2.24) is 15.1 Å². The van der Waals surface area contributed by atoms with Gasteiger partial charge >= 0.3 is 6.03 Å². The highest BCUT2D eigenvalue weighted by molar-refractivity contribution is 5.78. The number of piperidine rings is 1. The van der Waals surface area contributed by atoms with E-state index in [-0.39, 0.29) is 17.4 Å². The van der Waals surface area contributed by atoms with E-state index in [2.05, 4.69) is 29.6 Å². The molecule has 1 spiro atoms. The monoisotopic (exact) mass is 369 g/mol. The van der Waals surface area contributed by atoms with Gasteiger partial charge in [-0.25, -0.2) is 4.79 Å². The Morgan fingerprint density at radius 3 is 2.52 bits per heavy atom. The van der Waals surface area contributed by atoms with E-state index in [9.17, 15) is 9.59 Å². The van der Waals surface area contributed by atoms with Crippen LogP contribution in [0, 0.1) is 0 Å². The maximum atomic E-state index is 12.5. The predicted octanol–water partition coefficient (Wildman–Crippen LogP) is 3.25. The number of hydrogen-bond acceptors (Lipinski definition) is 2. The lowest BCUT2D eigenvalue weighted by Crippen LogP contribution is -2.47. The summed E-state index contributed by atoms with van der Waals surface area (Å²) in [6.07, 6.45) is 7.11. The van der Waals surface area contributed by atoms with Crippen molar-refractivity contribution in [2.45, 2.75) is 62.3 Å². The molecule has 2 aliphatic carbocycles. The number of carbonyl (C=O) groups excluding carboxylic acids is 2. The van der Waals surface area contributed by atoms with E-state index >= 15 is 0 Å². The summed E-state index contributed by atoms with van der Waals surface area (Å²) in [5.41, 5.74) is 2.90. The minimum atomic E-state index is 0.104. The molecule has 1 N–H and O–H groups in total. The topological polar surface area (TPSA) is 52.7 Å². The molecule has 0 aromatic heterocycles. The number of nitrogens with zero attached hydrogens (tertiary/aromatic N) is 2. The van der Waals surface area contributed by atoms with Crippen molar-refractivity contribution >= 4 is 11.9 Å². The summed E-state index contributed by atoms with van der Waals surface area (Å²) >= 11 is 0. The molecule has 0 bridgehead atoms. The maximum absolute atomic E-state index is 12.5. The van der Waals surface area contributed by atoms with Gasteiger partial charge in [-0.05, 0) is 61.0 Å². The number of fused-ring (bicyclic) bond motifs is 2. The number of rotatable bonds is 3. The minimum Gasteiger partial charge on any atom is -0.353 e. The fourth-order valence-corrected chi connectivity index (χ4v) is 5.15. The second-order valence-electron chi connectivity index (χ2n) is 8.83. The minimum absolute atomic E-state index is 0.104. The Hall–Kier alpha value is -2.04. The van der Waals surface area contributed by atoms with Gasteiger partial charge in [0.15, 0.2) is 0 Å². The molecule has 1 saturated heterocycles. The lowest BCUT2D eigenvalue weighted by molar-refractivity contribution is -0.122. The fourth-order valence-electron chi connectivity index (χ4n) is 5.15. The Kier molecular flexibility index (Phi) is 4.87. The van der Waals surface area contributed by atoms with Crippen LogP contribution < -0.4 is 5.32 Å². The molecule has 0 radical (unpaired) electrons. The average Bonchev–Trinajstić information content (AvgIpc) is 2.92. The lowest BCUT2D eigenvalue weighted by atomic mass is 9.73. The zero-order chi connectivity index (χ0) is 19.0. The van der Waals surface area contributed by atoms with E-state index in [1.165, 1.54) is 17.5 Å². The molecular formula is C22H31N3O2. The molecule has 5 heteroatoms. The summed E-state index contributed by atoms with van der Waals surface area (Å²) in [5.74, 6) is 0.508. The standard InChI is InChI=1S/C22H31N3O2/c1-24(2)21(27)25-12-10-22(11-13-25)15-16(18-8-3-4-9-19(18)22)14-20(26)23-17-6-5-7-17/h3-4,8-9,16-17H,5-7,10-15H2,1-2H3,(H,23,26)/t16-/m0/s1. The fraction of sp³-hybridized carbons (Fsp3) is 0.636. The number of benzene rings is 1. The van der Waals surface area contributed by atoms with E-state index in [0.29, 0.717) is 18.4 Å². The Morgan fingerprint density at radius 2 is 1.89 bits per heavy atom. The second-order valence-corrected chi connectivity index (χ2v) is 8.83. The second kappa shape index (κ2) is 7.17. The molecule has 0 unspecified atom stereocenters. The van der Waals surface area contributed by atoms with Crippen LogP contribution in [0.5, 0.6) is 0 Å². The van der Waals surface area contributed by atoms with Gasteiger partial charge in [-0.1, -0.05) is 24.3 Å². The molecule has 146 valence electrons. The summed E-state index contributed by atoms with van der Waals surface area (Å²) in [5, 5.41) is 3.20. The van der Waals surface area contributed by atoms with Gasteiger partial charge in [0.1, 0.15) is 0 Å². The molecule has 1 aromatic rings. The van der Waals surface area contributed by atoms with Gasteiger partial charge in [-0.15, -0.1) is 0 Å². The van der Waals surface area contributed by atoms with Crippen molar-refractivity contribution in [2.75, 3.05) is 27.2 Å². The molecular weight excluding hydrogens is 338 g/mol. The first kappa shape index (κ1) is 18.3. The van der Waals surface area contributed by atoms with E-state index in [1.807, 2.05) is 19.0 Å². The van der Waals surface area contributed by atoms with Gasteiger partial charge in [0.25, 0.3) is 0 Å². The van der Waals surface area contributed by atoms with Gasteiger partial charge in [0, 0.05) is 39.6 Å². The predicted molar refractivity (Wildman–Crippen MR) is 106 cm³/mol. The van der Waals surface area contributed by atoms with Crippen molar-refractivity contribution < 1.29 is 9.59 Å². The number of carbonyl (C=O) groups is 2. The van der Waals surface area contributed by atoms with E-state index in [4.69, 9.17) is 0 Å². The van der Waals surface area contributed by atoms with Crippen LogP contribution in [0.3, 0.4) is 0 Å². The largest absolute Gasteiger partial charge is 0.353 e. The van der Waals surface area contributed by atoms with Crippen molar-refractivity contribution in [3.63, 3.8) is 0 Å². The van der Waals surface area contributed by atoms with E-state index in [0.717, 1.165) is 45.2 Å². The summed E-state index contributed by atoms with van der Waals surface area (Å²) in [4.78, 5) is 28.4. The highest BCUT2D eigenvalue weighted by Gasteiger charge is 2.46. The Labute approximate surface area is 162 Å². The van der Waals surface area contributed by atoms with Crippen LogP contribution in [0.2, 0.25) is 0 Å². The molecule has 1 aromatic carbocycles. The van der Waals surface area contributed by atoms with Crippen molar-refractivity contribution in [2.24, 2.45) is 0 Å². The van der Waals surface area contributed by atoms with Crippen LogP contribution in [-0.4, -0.2) is 55.0 Å². The smallest absolute Gasteiger partial charge is 0.319 e. The van der Waals surface area contributed by atoms with E-state index < -0.39 is 0 Å². The molecule has 5 nitrogen and oxygen atoms in total. The quantitative estimate of drug-likeness (QED) is 0.889. The van der Waals surface area contributed by atoms with Crippen LogP contribution in [0.15, 0.2) is 24.3 Å². The van der Waals surface area contributed by atoms with Crippen molar-refractivity contribution in [3.05, 3.63) is 35.4 Å². The highest BCUT2D eigenvalue weighted by atomic mass is 16.2. The molecule has 2 fully saturated rings. The molecule has 27 heavy (non-hydrogen) atoms.